The molecule has 1 heterocycles. The predicted octanol–water partition coefficient (Wildman–Crippen LogP) is 1.68. The molecule has 0 bridgehead atoms. The minimum absolute atomic E-state index is 0.0506. The molecule has 1 aliphatic rings. The van der Waals surface area contributed by atoms with Gasteiger partial charge in [0.25, 0.3) is 0 Å². The first-order chi connectivity index (χ1) is 10.1. The number of aromatic hydroxyl groups is 1. The average molecular weight is 292 g/mol. The Kier molecular flexibility index (Phi) is 5.20. The predicted molar refractivity (Wildman–Crippen MR) is 82.6 cm³/mol. The Hall–Kier alpha value is -1.59. The number of aryl methyl sites for hydroxylation is 1. The average Bonchev–Trinajstić information content (AvgIpc) is 2.92. The van der Waals surface area contributed by atoms with Crippen LogP contribution in [0.4, 0.5) is 5.69 Å². The van der Waals surface area contributed by atoms with Crippen molar-refractivity contribution in [3.63, 3.8) is 0 Å². The first-order valence-corrected chi connectivity index (χ1v) is 7.50. The van der Waals surface area contributed by atoms with Crippen molar-refractivity contribution in [2.24, 2.45) is 5.92 Å². The molecule has 1 fully saturated rings. The standard InChI is InChI=1S/C16H24N2O3/c1-4-17-14-10-21-9-13(14)16(20)18(5-2)15-8-12(19)7-6-11(15)3/h6-8,13-14,17,19H,4-5,9-10H2,1-3H3. The quantitative estimate of drug-likeness (QED) is 0.867. The lowest BCUT2D eigenvalue weighted by atomic mass is 10.0. The van der Waals surface area contributed by atoms with Crippen LogP contribution in [0.1, 0.15) is 19.4 Å². The third-order valence-electron chi connectivity index (χ3n) is 3.93. The van der Waals surface area contributed by atoms with E-state index in [4.69, 9.17) is 4.74 Å². The second kappa shape index (κ2) is 6.91. The number of hydrogen-bond acceptors (Lipinski definition) is 4. The number of anilines is 1. The molecule has 1 saturated heterocycles. The Balaban J connectivity index is 2.24. The van der Waals surface area contributed by atoms with E-state index in [1.54, 1.807) is 17.0 Å². The smallest absolute Gasteiger partial charge is 0.234 e. The van der Waals surface area contributed by atoms with Crippen molar-refractivity contribution in [3.05, 3.63) is 23.8 Å². The van der Waals surface area contributed by atoms with Gasteiger partial charge in [0.1, 0.15) is 5.75 Å². The Morgan fingerprint density at radius 2 is 2.19 bits per heavy atom. The minimum Gasteiger partial charge on any atom is -0.508 e. The van der Waals surface area contributed by atoms with Crippen LogP contribution in [-0.2, 0) is 9.53 Å². The lowest BCUT2D eigenvalue weighted by molar-refractivity contribution is -0.122. The van der Waals surface area contributed by atoms with Crippen molar-refractivity contribution in [1.82, 2.24) is 5.32 Å². The second-order valence-corrected chi connectivity index (χ2v) is 5.36. The van der Waals surface area contributed by atoms with E-state index in [0.717, 1.165) is 17.8 Å². The van der Waals surface area contributed by atoms with Gasteiger partial charge in [-0.25, -0.2) is 0 Å². The highest BCUT2D eigenvalue weighted by Gasteiger charge is 2.36. The molecule has 5 heteroatoms. The van der Waals surface area contributed by atoms with Crippen LogP contribution in [0.5, 0.6) is 5.75 Å². The summed E-state index contributed by atoms with van der Waals surface area (Å²) in [7, 11) is 0. The summed E-state index contributed by atoms with van der Waals surface area (Å²) in [6, 6.07) is 5.17. The first-order valence-electron chi connectivity index (χ1n) is 7.50. The van der Waals surface area contributed by atoms with E-state index < -0.39 is 0 Å². The Morgan fingerprint density at radius 3 is 2.86 bits per heavy atom. The Labute approximate surface area is 125 Å². The van der Waals surface area contributed by atoms with Gasteiger partial charge in [0.05, 0.1) is 24.8 Å². The van der Waals surface area contributed by atoms with Crippen LogP contribution < -0.4 is 10.2 Å². The molecule has 1 aromatic rings. The molecule has 5 nitrogen and oxygen atoms in total. The topological polar surface area (TPSA) is 61.8 Å². The number of ether oxygens (including phenoxy) is 1. The van der Waals surface area contributed by atoms with Gasteiger partial charge in [-0.3, -0.25) is 4.79 Å². The normalized spacial score (nSPS) is 21.5. The van der Waals surface area contributed by atoms with Gasteiger partial charge in [0.15, 0.2) is 0 Å². The second-order valence-electron chi connectivity index (χ2n) is 5.36. The summed E-state index contributed by atoms with van der Waals surface area (Å²) in [6.45, 7) is 8.31. The third-order valence-corrected chi connectivity index (χ3v) is 3.93. The Bertz CT molecular complexity index is 504. The van der Waals surface area contributed by atoms with E-state index in [9.17, 15) is 9.90 Å². The number of rotatable bonds is 5. The molecule has 0 aromatic heterocycles. The van der Waals surface area contributed by atoms with Crippen molar-refractivity contribution >= 4 is 11.6 Å². The number of phenolic OH excluding ortho intramolecular Hbond substituents is 1. The Morgan fingerprint density at radius 1 is 1.43 bits per heavy atom. The van der Waals surface area contributed by atoms with Gasteiger partial charge in [0, 0.05) is 18.7 Å². The molecule has 2 N–H and O–H groups in total. The third kappa shape index (κ3) is 3.36. The van der Waals surface area contributed by atoms with E-state index in [0.29, 0.717) is 19.8 Å². The fourth-order valence-corrected chi connectivity index (χ4v) is 2.79. The van der Waals surface area contributed by atoms with Crippen molar-refractivity contribution in [3.8, 4) is 5.75 Å². The SMILES string of the molecule is CCNC1COCC1C(=O)N(CC)c1cc(O)ccc1C. The summed E-state index contributed by atoms with van der Waals surface area (Å²) >= 11 is 0. The molecule has 0 aliphatic carbocycles. The number of carbonyl (C=O) groups is 1. The fraction of sp³-hybridized carbons (Fsp3) is 0.562. The molecular weight excluding hydrogens is 268 g/mol. The van der Waals surface area contributed by atoms with Gasteiger partial charge >= 0.3 is 0 Å². The molecule has 116 valence electrons. The van der Waals surface area contributed by atoms with Crippen molar-refractivity contribution < 1.29 is 14.6 Å². The molecule has 1 aromatic carbocycles. The van der Waals surface area contributed by atoms with Crippen LogP contribution >= 0.6 is 0 Å². The van der Waals surface area contributed by atoms with Gasteiger partial charge < -0.3 is 20.1 Å². The molecule has 1 aliphatic heterocycles. The van der Waals surface area contributed by atoms with Gasteiger partial charge in [-0.2, -0.15) is 0 Å². The fourth-order valence-electron chi connectivity index (χ4n) is 2.79. The number of carbonyl (C=O) groups excluding carboxylic acids is 1. The maximum atomic E-state index is 12.9. The zero-order valence-corrected chi connectivity index (χ0v) is 12.9. The molecular formula is C16H24N2O3. The molecule has 2 rings (SSSR count). The van der Waals surface area contributed by atoms with Crippen molar-refractivity contribution in [1.29, 1.82) is 0 Å². The molecule has 2 atom stereocenters. The summed E-state index contributed by atoms with van der Waals surface area (Å²) in [5.41, 5.74) is 1.74. The summed E-state index contributed by atoms with van der Waals surface area (Å²) in [5, 5.41) is 13.0. The number of hydrogen-bond donors (Lipinski definition) is 2. The maximum Gasteiger partial charge on any atom is 0.234 e. The highest BCUT2D eigenvalue weighted by molar-refractivity contribution is 5.96. The van der Waals surface area contributed by atoms with Gasteiger partial charge in [-0.15, -0.1) is 0 Å². The number of nitrogens with zero attached hydrogens (tertiary/aromatic N) is 1. The largest absolute Gasteiger partial charge is 0.508 e. The zero-order chi connectivity index (χ0) is 15.4. The maximum absolute atomic E-state index is 12.9. The number of likely N-dealkylation sites (N-methyl/N-ethyl adjacent to an activating group) is 1. The molecule has 0 radical (unpaired) electrons. The molecule has 0 spiro atoms. The number of phenols is 1. The van der Waals surface area contributed by atoms with E-state index in [2.05, 4.69) is 5.32 Å². The minimum atomic E-state index is -0.174. The number of amides is 1. The van der Waals surface area contributed by atoms with Crippen LogP contribution in [0.15, 0.2) is 18.2 Å². The van der Waals surface area contributed by atoms with Crippen molar-refractivity contribution in [2.45, 2.75) is 26.8 Å². The number of benzene rings is 1. The highest BCUT2D eigenvalue weighted by atomic mass is 16.5. The van der Waals surface area contributed by atoms with Crippen LogP contribution in [0, 0.1) is 12.8 Å². The van der Waals surface area contributed by atoms with Crippen LogP contribution in [0.25, 0.3) is 0 Å². The summed E-state index contributed by atoms with van der Waals surface area (Å²) in [5.74, 6) is 0.0501. The summed E-state index contributed by atoms with van der Waals surface area (Å²) in [4.78, 5) is 14.6. The molecule has 21 heavy (non-hydrogen) atoms. The monoisotopic (exact) mass is 292 g/mol. The zero-order valence-electron chi connectivity index (χ0n) is 12.9. The number of nitrogens with one attached hydrogen (secondary N) is 1. The summed E-state index contributed by atoms with van der Waals surface area (Å²) in [6.07, 6.45) is 0. The van der Waals surface area contributed by atoms with Gasteiger partial charge in [-0.1, -0.05) is 13.0 Å². The molecule has 0 saturated carbocycles. The van der Waals surface area contributed by atoms with E-state index >= 15 is 0 Å². The van der Waals surface area contributed by atoms with E-state index in [1.165, 1.54) is 0 Å². The first kappa shape index (κ1) is 15.8. The van der Waals surface area contributed by atoms with Crippen LogP contribution in [-0.4, -0.2) is 43.4 Å². The lowest BCUT2D eigenvalue weighted by Crippen LogP contribution is -2.46. The van der Waals surface area contributed by atoms with E-state index in [1.807, 2.05) is 26.8 Å². The van der Waals surface area contributed by atoms with Gasteiger partial charge in [-0.05, 0) is 32.0 Å². The van der Waals surface area contributed by atoms with E-state index in [-0.39, 0.29) is 23.6 Å². The van der Waals surface area contributed by atoms with Crippen LogP contribution in [0.2, 0.25) is 0 Å². The molecule has 1 amide bonds. The highest BCUT2D eigenvalue weighted by Crippen LogP contribution is 2.27. The molecule has 2 unspecified atom stereocenters. The van der Waals surface area contributed by atoms with Gasteiger partial charge in [0.2, 0.25) is 5.91 Å². The lowest BCUT2D eigenvalue weighted by Gasteiger charge is -2.28. The summed E-state index contributed by atoms with van der Waals surface area (Å²) < 4.78 is 5.47. The van der Waals surface area contributed by atoms with Crippen LogP contribution in [0.3, 0.4) is 0 Å². The van der Waals surface area contributed by atoms with Crippen molar-refractivity contribution in [2.75, 3.05) is 31.2 Å².